The van der Waals surface area contributed by atoms with Gasteiger partial charge in [-0.2, -0.15) is 0 Å². The average molecular weight is 523 g/mol. The molecule has 1 heterocycles. The van der Waals surface area contributed by atoms with Crippen molar-refractivity contribution in [2.24, 2.45) is 10.9 Å². The summed E-state index contributed by atoms with van der Waals surface area (Å²) in [5.41, 5.74) is 0. The molecule has 1 saturated carbocycles. The van der Waals surface area contributed by atoms with E-state index in [0.29, 0.717) is 18.1 Å². The molecular weight excluding hydrogens is 479 g/mol. The minimum Gasteiger partial charge on any atom is -0.376 e. The number of rotatable bonds is 8. The highest BCUT2D eigenvalue weighted by Gasteiger charge is 2.26. The number of halogens is 1. The lowest BCUT2D eigenvalue weighted by atomic mass is 9.98. The number of aliphatic imine (C=N–C) groups is 1. The molecule has 2 rings (SSSR count). The molecule has 7 heteroatoms. The van der Waals surface area contributed by atoms with E-state index in [4.69, 9.17) is 4.74 Å². The number of nitrogens with zero attached hydrogens (tertiary/aromatic N) is 2. The van der Waals surface area contributed by atoms with Gasteiger partial charge in [0.1, 0.15) is 0 Å². The third kappa shape index (κ3) is 9.40. The van der Waals surface area contributed by atoms with Gasteiger partial charge in [0.15, 0.2) is 5.96 Å². The number of hydrogen-bond donors (Lipinski definition) is 2. The van der Waals surface area contributed by atoms with Gasteiger partial charge in [-0.3, -0.25) is 9.79 Å². The molecule has 1 saturated heterocycles. The third-order valence-electron chi connectivity index (χ3n) is 6.26. The first-order valence-corrected chi connectivity index (χ1v) is 11.5. The van der Waals surface area contributed by atoms with Crippen LogP contribution >= 0.6 is 24.0 Å². The highest BCUT2D eigenvalue weighted by Crippen LogP contribution is 2.19. The van der Waals surface area contributed by atoms with E-state index in [1.165, 1.54) is 38.5 Å². The third-order valence-corrected chi connectivity index (χ3v) is 6.26. The number of likely N-dealkylation sites (tertiary alicyclic amines) is 1. The summed E-state index contributed by atoms with van der Waals surface area (Å²) in [7, 11) is 1.81. The summed E-state index contributed by atoms with van der Waals surface area (Å²) in [5.74, 6) is 1.36. The molecule has 170 valence electrons. The second kappa shape index (κ2) is 15.3. The zero-order valence-electron chi connectivity index (χ0n) is 18.8. The Morgan fingerprint density at radius 3 is 2.24 bits per heavy atom. The number of nitrogens with one attached hydrogen (secondary N) is 2. The lowest BCUT2D eigenvalue weighted by Crippen LogP contribution is -2.51. The van der Waals surface area contributed by atoms with Gasteiger partial charge < -0.3 is 20.3 Å². The first-order valence-electron chi connectivity index (χ1n) is 11.5. The monoisotopic (exact) mass is 522 g/mol. The Kier molecular flexibility index (Phi) is 13.9. The molecule has 1 aliphatic carbocycles. The van der Waals surface area contributed by atoms with Crippen LogP contribution in [0.15, 0.2) is 4.99 Å². The lowest BCUT2D eigenvalue weighted by molar-refractivity contribution is -0.136. The van der Waals surface area contributed by atoms with Gasteiger partial charge in [-0.15, -0.1) is 24.0 Å². The molecule has 0 aromatic carbocycles. The fraction of sp³-hybridized carbons (Fsp3) is 0.909. The predicted molar refractivity (Wildman–Crippen MR) is 131 cm³/mol. The Bertz CT molecular complexity index is 469. The summed E-state index contributed by atoms with van der Waals surface area (Å²) in [6, 6.07) is 0.375. The molecule has 0 atom stereocenters. The van der Waals surface area contributed by atoms with Crippen molar-refractivity contribution >= 4 is 35.8 Å². The van der Waals surface area contributed by atoms with Crippen molar-refractivity contribution in [1.82, 2.24) is 15.5 Å². The van der Waals surface area contributed by atoms with Gasteiger partial charge in [0, 0.05) is 38.6 Å². The summed E-state index contributed by atoms with van der Waals surface area (Å²) < 4.78 is 6.04. The summed E-state index contributed by atoms with van der Waals surface area (Å²) >= 11 is 0. The van der Waals surface area contributed by atoms with Gasteiger partial charge in [0.25, 0.3) is 0 Å². The zero-order chi connectivity index (χ0) is 20.2. The second-order valence-electron chi connectivity index (χ2n) is 8.24. The van der Waals surface area contributed by atoms with E-state index >= 15 is 0 Å². The first-order chi connectivity index (χ1) is 13.7. The standard InChI is InChI=1S/C22H42N4O2.HI/c1-4-18(5-2)21(27)26-15-12-19(13-16-26)25-22(23-3)24-14-17-28-20-10-8-6-7-9-11-20;/h18-20H,4-17H2,1-3H3,(H2,23,24,25);1H. The average Bonchev–Trinajstić information content (AvgIpc) is 3.00. The summed E-state index contributed by atoms with van der Waals surface area (Å²) in [4.78, 5) is 18.9. The normalized spacial score (nSPS) is 19.6. The van der Waals surface area contributed by atoms with Crippen LogP contribution in [0.1, 0.15) is 78.1 Å². The molecule has 6 nitrogen and oxygen atoms in total. The van der Waals surface area contributed by atoms with Gasteiger partial charge >= 0.3 is 0 Å². The van der Waals surface area contributed by atoms with Crippen molar-refractivity contribution in [3.8, 4) is 0 Å². The Hall–Kier alpha value is -0.570. The highest BCUT2D eigenvalue weighted by molar-refractivity contribution is 14.0. The molecule has 2 fully saturated rings. The van der Waals surface area contributed by atoms with Crippen molar-refractivity contribution in [3.05, 3.63) is 0 Å². The largest absolute Gasteiger partial charge is 0.376 e. The minimum atomic E-state index is 0. The van der Waals surface area contributed by atoms with Gasteiger partial charge in [0.2, 0.25) is 5.91 Å². The van der Waals surface area contributed by atoms with Gasteiger partial charge in [-0.05, 0) is 38.5 Å². The number of carbonyl (C=O) groups excluding carboxylic acids is 1. The van der Waals surface area contributed by atoms with Crippen LogP contribution in [0, 0.1) is 5.92 Å². The van der Waals surface area contributed by atoms with Gasteiger partial charge in [-0.25, -0.2) is 0 Å². The van der Waals surface area contributed by atoms with E-state index in [9.17, 15) is 4.79 Å². The molecule has 1 aliphatic heterocycles. The van der Waals surface area contributed by atoms with Crippen molar-refractivity contribution < 1.29 is 9.53 Å². The maximum atomic E-state index is 12.5. The lowest BCUT2D eigenvalue weighted by Gasteiger charge is -2.34. The van der Waals surface area contributed by atoms with E-state index in [0.717, 1.165) is 57.9 Å². The molecule has 0 unspecified atom stereocenters. The molecule has 29 heavy (non-hydrogen) atoms. The fourth-order valence-electron chi connectivity index (χ4n) is 4.33. The van der Waals surface area contributed by atoms with Crippen LogP contribution in [0.3, 0.4) is 0 Å². The van der Waals surface area contributed by atoms with Crippen molar-refractivity contribution in [3.63, 3.8) is 0 Å². The maximum Gasteiger partial charge on any atom is 0.225 e. The predicted octanol–water partition coefficient (Wildman–Crippen LogP) is 3.94. The molecule has 1 amide bonds. The van der Waals surface area contributed by atoms with Crippen molar-refractivity contribution in [1.29, 1.82) is 0 Å². The van der Waals surface area contributed by atoms with Gasteiger partial charge in [0.05, 0.1) is 12.7 Å². The number of carbonyl (C=O) groups is 1. The smallest absolute Gasteiger partial charge is 0.225 e. The Morgan fingerprint density at radius 1 is 1.07 bits per heavy atom. The number of amides is 1. The molecule has 2 aliphatic rings. The van der Waals surface area contributed by atoms with Gasteiger partial charge in [-0.1, -0.05) is 39.5 Å². The van der Waals surface area contributed by atoms with Crippen LogP contribution in [-0.2, 0) is 9.53 Å². The van der Waals surface area contributed by atoms with E-state index in [-0.39, 0.29) is 29.9 Å². The van der Waals surface area contributed by atoms with Crippen LogP contribution in [-0.4, -0.2) is 62.2 Å². The van der Waals surface area contributed by atoms with Crippen LogP contribution in [0.2, 0.25) is 0 Å². The Morgan fingerprint density at radius 2 is 1.69 bits per heavy atom. The SMILES string of the molecule is CCC(CC)C(=O)N1CCC(NC(=NC)NCCOC2CCCCCC2)CC1.I. The quantitative estimate of drug-likeness (QED) is 0.167. The van der Waals surface area contributed by atoms with Crippen molar-refractivity contribution in [2.75, 3.05) is 33.3 Å². The van der Waals surface area contributed by atoms with E-state index in [2.05, 4.69) is 29.5 Å². The van der Waals surface area contributed by atoms with Crippen LogP contribution in [0.4, 0.5) is 0 Å². The number of ether oxygens (including phenoxy) is 1. The number of piperidine rings is 1. The maximum absolute atomic E-state index is 12.5. The fourth-order valence-corrected chi connectivity index (χ4v) is 4.33. The molecule has 0 aromatic heterocycles. The zero-order valence-corrected chi connectivity index (χ0v) is 21.1. The number of hydrogen-bond acceptors (Lipinski definition) is 3. The Balaban J connectivity index is 0.00000420. The summed E-state index contributed by atoms with van der Waals surface area (Å²) in [6.07, 6.45) is 12.0. The highest BCUT2D eigenvalue weighted by atomic mass is 127. The number of guanidine groups is 1. The summed E-state index contributed by atoms with van der Waals surface area (Å²) in [5, 5.41) is 6.89. The summed E-state index contributed by atoms with van der Waals surface area (Å²) in [6.45, 7) is 7.41. The molecular formula is C22H43IN4O2. The van der Waals surface area contributed by atoms with Crippen molar-refractivity contribution in [2.45, 2.75) is 90.2 Å². The van der Waals surface area contributed by atoms with E-state index in [1.54, 1.807) is 0 Å². The molecule has 0 radical (unpaired) electrons. The topological polar surface area (TPSA) is 66.0 Å². The minimum absolute atomic E-state index is 0. The molecule has 0 aromatic rings. The molecule has 0 bridgehead atoms. The van der Waals surface area contributed by atoms with E-state index in [1.807, 2.05) is 11.9 Å². The first kappa shape index (κ1) is 26.5. The Labute approximate surface area is 195 Å². The van der Waals surface area contributed by atoms with Crippen LogP contribution in [0.5, 0.6) is 0 Å². The van der Waals surface area contributed by atoms with E-state index < -0.39 is 0 Å². The van der Waals surface area contributed by atoms with Crippen LogP contribution in [0.25, 0.3) is 0 Å². The molecule has 0 spiro atoms. The molecule has 2 N–H and O–H groups in total. The van der Waals surface area contributed by atoms with Crippen LogP contribution < -0.4 is 10.6 Å². The second-order valence-corrected chi connectivity index (χ2v) is 8.24.